The highest BCUT2D eigenvalue weighted by Crippen LogP contribution is 2.11. The molecule has 1 unspecified atom stereocenters. The van der Waals surface area contributed by atoms with E-state index in [2.05, 4.69) is 10.0 Å². The average Bonchev–Trinajstić information content (AvgIpc) is 2.88. The molecule has 2 N–H and O–H groups in total. The summed E-state index contributed by atoms with van der Waals surface area (Å²) in [5.74, 6) is 0.0778. The fourth-order valence-electron chi connectivity index (χ4n) is 2.27. The van der Waals surface area contributed by atoms with E-state index in [9.17, 15) is 16.8 Å². The molecule has 21 heavy (non-hydrogen) atoms. The molecule has 1 heterocycles. The predicted molar refractivity (Wildman–Crippen MR) is 81.2 cm³/mol. The van der Waals surface area contributed by atoms with Gasteiger partial charge in [-0.05, 0) is 37.1 Å². The van der Waals surface area contributed by atoms with Crippen LogP contribution >= 0.6 is 0 Å². The number of hydrogen-bond donors (Lipinski definition) is 2. The molecule has 0 aliphatic carbocycles. The van der Waals surface area contributed by atoms with Crippen molar-refractivity contribution < 1.29 is 16.8 Å². The highest BCUT2D eigenvalue weighted by Gasteiger charge is 2.21. The molecular weight excluding hydrogens is 312 g/mol. The van der Waals surface area contributed by atoms with Crippen LogP contribution in [0.4, 0.5) is 0 Å². The normalized spacial score (nSPS) is 19.8. The van der Waals surface area contributed by atoms with Crippen molar-refractivity contribution in [3.8, 4) is 0 Å². The zero-order valence-electron chi connectivity index (χ0n) is 11.9. The summed E-state index contributed by atoms with van der Waals surface area (Å²) in [5, 5.41) is 3.15. The van der Waals surface area contributed by atoms with Crippen LogP contribution in [0.2, 0.25) is 0 Å². The third-order valence-electron chi connectivity index (χ3n) is 3.43. The van der Waals surface area contributed by atoms with Gasteiger partial charge < -0.3 is 5.32 Å². The average molecular weight is 332 g/mol. The van der Waals surface area contributed by atoms with E-state index in [4.69, 9.17) is 0 Å². The Hall–Kier alpha value is -0.960. The maximum Gasteiger partial charge on any atom is 0.213 e. The third-order valence-corrected chi connectivity index (χ3v) is 5.98. The lowest BCUT2D eigenvalue weighted by atomic mass is 10.2. The SMILES string of the molecule is CS(=O)(=O)c1ccc(CNS(=O)(=O)CC2CCCN2)cc1. The van der Waals surface area contributed by atoms with Gasteiger partial charge in [-0.1, -0.05) is 12.1 Å². The van der Waals surface area contributed by atoms with Crippen LogP contribution in [-0.4, -0.2) is 41.4 Å². The van der Waals surface area contributed by atoms with E-state index >= 15 is 0 Å². The molecule has 1 saturated heterocycles. The molecule has 1 aromatic rings. The van der Waals surface area contributed by atoms with Crippen molar-refractivity contribution >= 4 is 19.9 Å². The Bertz CT molecular complexity index is 675. The van der Waals surface area contributed by atoms with Crippen molar-refractivity contribution in [3.63, 3.8) is 0 Å². The monoisotopic (exact) mass is 332 g/mol. The topological polar surface area (TPSA) is 92.3 Å². The highest BCUT2D eigenvalue weighted by atomic mass is 32.2. The van der Waals surface area contributed by atoms with E-state index in [0.29, 0.717) is 0 Å². The van der Waals surface area contributed by atoms with Gasteiger partial charge in [-0.15, -0.1) is 0 Å². The van der Waals surface area contributed by atoms with E-state index in [0.717, 1.165) is 31.2 Å². The van der Waals surface area contributed by atoms with Crippen LogP contribution in [0, 0.1) is 0 Å². The van der Waals surface area contributed by atoms with Crippen LogP contribution in [0.5, 0.6) is 0 Å². The summed E-state index contributed by atoms with van der Waals surface area (Å²) in [7, 11) is -6.56. The standard InChI is InChI=1S/C13H20N2O4S2/c1-20(16,17)13-6-4-11(5-7-13)9-15-21(18,19)10-12-3-2-8-14-12/h4-7,12,14-15H,2-3,8-10H2,1H3. The third kappa shape index (κ3) is 5.06. The summed E-state index contributed by atoms with van der Waals surface area (Å²) in [5.41, 5.74) is 0.727. The summed E-state index contributed by atoms with van der Waals surface area (Å²) >= 11 is 0. The Morgan fingerprint density at radius 3 is 2.38 bits per heavy atom. The summed E-state index contributed by atoms with van der Waals surface area (Å²) in [4.78, 5) is 0.226. The maximum atomic E-state index is 11.9. The first-order chi connectivity index (χ1) is 9.76. The summed E-state index contributed by atoms with van der Waals surface area (Å²) in [6, 6.07) is 6.23. The second-order valence-electron chi connectivity index (χ2n) is 5.31. The van der Waals surface area contributed by atoms with Gasteiger partial charge in [0.05, 0.1) is 10.6 Å². The summed E-state index contributed by atoms with van der Waals surface area (Å²) < 4.78 is 49.1. The van der Waals surface area contributed by atoms with Crippen molar-refractivity contribution in [2.24, 2.45) is 0 Å². The lowest BCUT2D eigenvalue weighted by Gasteiger charge is -2.12. The predicted octanol–water partition coefficient (Wildman–Crippen LogP) is 0.262. The number of sulfonamides is 1. The van der Waals surface area contributed by atoms with Crippen molar-refractivity contribution in [2.75, 3.05) is 18.6 Å². The van der Waals surface area contributed by atoms with Gasteiger partial charge in [-0.25, -0.2) is 21.6 Å². The number of rotatable bonds is 6. The van der Waals surface area contributed by atoms with E-state index < -0.39 is 19.9 Å². The van der Waals surface area contributed by atoms with Crippen LogP contribution in [0.3, 0.4) is 0 Å². The molecule has 1 fully saturated rings. The highest BCUT2D eigenvalue weighted by molar-refractivity contribution is 7.90. The molecule has 1 atom stereocenters. The molecule has 1 aliphatic rings. The zero-order valence-corrected chi connectivity index (χ0v) is 13.5. The molecule has 6 nitrogen and oxygen atoms in total. The first kappa shape index (κ1) is 16.4. The molecular formula is C13H20N2O4S2. The molecule has 0 bridgehead atoms. The van der Waals surface area contributed by atoms with Crippen molar-refractivity contribution in [1.82, 2.24) is 10.0 Å². The minimum absolute atomic E-state index is 0.0233. The smallest absolute Gasteiger partial charge is 0.213 e. The first-order valence-electron chi connectivity index (χ1n) is 6.76. The molecule has 118 valence electrons. The van der Waals surface area contributed by atoms with Crippen LogP contribution in [0.15, 0.2) is 29.2 Å². The zero-order chi connectivity index (χ0) is 15.5. The lowest BCUT2D eigenvalue weighted by Crippen LogP contribution is -2.36. The summed E-state index contributed by atoms with van der Waals surface area (Å²) in [6.45, 7) is 1.03. The van der Waals surface area contributed by atoms with Crippen LogP contribution in [-0.2, 0) is 26.4 Å². The number of hydrogen-bond acceptors (Lipinski definition) is 5. The van der Waals surface area contributed by atoms with E-state index in [-0.39, 0.29) is 23.2 Å². The van der Waals surface area contributed by atoms with E-state index in [1.54, 1.807) is 12.1 Å². The largest absolute Gasteiger partial charge is 0.313 e. The second kappa shape index (κ2) is 6.43. The van der Waals surface area contributed by atoms with Crippen LogP contribution in [0.25, 0.3) is 0 Å². The first-order valence-corrected chi connectivity index (χ1v) is 10.3. The Kier molecular flexibility index (Phi) is 5.03. The maximum absolute atomic E-state index is 11.9. The summed E-state index contributed by atoms with van der Waals surface area (Å²) in [6.07, 6.45) is 3.02. The van der Waals surface area contributed by atoms with Crippen molar-refractivity contribution in [2.45, 2.75) is 30.3 Å². The molecule has 2 rings (SSSR count). The van der Waals surface area contributed by atoms with Gasteiger partial charge in [0.25, 0.3) is 0 Å². The van der Waals surface area contributed by atoms with Gasteiger partial charge in [-0.2, -0.15) is 0 Å². The quantitative estimate of drug-likeness (QED) is 0.780. The lowest BCUT2D eigenvalue weighted by molar-refractivity contribution is 0.563. The number of benzene rings is 1. The minimum Gasteiger partial charge on any atom is -0.313 e. The molecule has 0 amide bonds. The molecule has 1 aromatic carbocycles. The van der Waals surface area contributed by atoms with Gasteiger partial charge in [0.2, 0.25) is 10.0 Å². The van der Waals surface area contributed by atoms with Gasteiger partial charge in [0, 0.05) is 18.8 Å². The van der Waals surface area contributed by atoms with Crippen LogP contribution in [0.1, 0.15) is 18.4 Å². The fraction of sp³-hybridized carbons (Fsp3) is 0.538. The van der Waals surface area contributed by atoms with E-state index in [1.165, 1.54) is 12.1 Å². The fourth-order valence-corrected chi connectivity index (χ4v) is 4.22. The molecule has 0 aromatic heterocycles. The Morgan fingerprint density at radius 2 is 1.86 bits per heavy atom. The molecule has 0 radical (unpaired) electrons. The molecule has 8 heteroatoms. The van der Waals surface area contributed by atoms with Crippen molar-refractivity contribution in [1.29, 1.82) is 0 Å². The van der Waals surface area contributed by atoms with Crippen molar-refractivity contribution in [3.05, 3.63) is 29.8 Å². The molecule has 1 aliphatic heterocycles. The molecule has 0 spiro atoms. The number of sulfone groups is 1. The Balaban J connectivity index is 1.93. The van der Waals surface area contributed by atoms with Gasteiger partial charge in [0.1, 0.15) is 0 Å². The number of nitrogens with one attached hydrogen (secondary N) is 2. The van der Waals surface area contributed by atoms with Gasteiger partial charge >= 0.3 is 0 Å². The van der Waals surface area contributed by atoms with Crippen LogP contribution < -0.4 is 10.0 Å². The molecule has 0 saturated carbocycles. The Labute approximate surface area is 125 Å². The second-order valence-corrected chi connectivity index (χ2v) is 9.18. The Morgan fingerprint density at radius 1 is 1.19 bits per heavy atom. The van der Waals surface area contributed by atoms with E-state index in [1.807, 2.05) is 0 Å². The van der Waals surface area contributed by atoms with Gasteiger partial charge in [-0.3, -0.25) is 0 Å². The minimum atomic E-state index is -3.33. The van der Waals surface area contributed by atoms with Gasteiger partial charge in [0.15, 0.2) is 9.84 Å².